The van der Waals surface area contributed by atoms with Gasteiger partial charge in [-0.15, -0.1) is 0 Å². The van der Waals surface area contributed by atoms with Crippen LogP contribution in [0, 0.1) is 0 Å². The van der Waals surface area contributed by atoms with Crippen molar-refractivity contribution in [1.29, 1.82) is 0 Å². The fourth-order valence-corrected chi connectivity index (χ4v) is 1.94. The van der Waals surface area contributed by atoms with Crippen LogP contribution in [0.4, 0.5) is 0 Å². The molecule has 14 heavy (non-hydrogen) atoms. The Kier molecular flexibility index (Phi) is 4.81. The zero-order chi connectivity index (χ0) is 10.6. The molecule has 1 aliphatic rings. The molecule has 1 rings (SSSR count). The maximum Gasteiger partial charge on any atom is 0.0702 e. The molecule has 0 aromatic heterocycles. The lowest BCUT2D eigenvalue weighted by atomic mass is 10.1. The van der Waals surface area contributed by atoms with Gasteiger partial charge in [0.2, 0.25) is 0 Å². The van der Waals surface area contributed by atoms with Crippen LogP contribution in [-0.4, -0.2) is 55.0 Å². The standard InChI is InChI=1S/C10H22N2O2/c1-8-10(4-6-14-8)12(2)5-3-9(13)7-11/h8-10,13H,3-7,11H2,1-2H3. The number of nitrogens with two attached hydrogens (primary N) is 1. The molecular weight excluding hydrogens is 180 g/mol. The summed E-state index contributed by atoms with van der Waals surface area (Å²) in [6.45, 7) is 4.20. The van der Waals surface area contributed by atoms with Crippen molar-refractivity contribution in [2.45, 2.75) is 38.0 Å². The number of aliphatic hydroxyl groups excluding tert-OH is 1. The van der Waals surface area contributed by atoms with Crippen molar-refractivity contribution in [2.75, 3.05) is 26.7 Å². The van der Waals surface area contributed by atoms with E-state index in [4.69, 9.17) is 10.5 Å². The summed E-state index contributed by atoms with van der Waals surface area (Å²) < 4.78 is 5.49. The zero-order valence-corrected chi connectivity index (χ0v) is 9.15. The van der Waals surface area contributed by atoms with Crippen LogP contribution < -0.4 is 5.73 Å². The maximum atomic E-state index is 9.33. The van der Waals surface area contributed by atoms with E-state index in [-0.39, 0.29) is 6.10 Å². The smallest absolute Gasteiger partial charge is 0.0702 e. The highest BCUT2D eigenvalue weighted by molar-refractivity contribution is 4.80. The molecule has 1 fully saturated rings. The highest BCUT2D eigenvalue weighted by Gasteiger charge is 2.27. The Hall–Kier alpha value is -0.160. The minimum atomic E-state index is -0.366. The van der Waals surface area contributed by atoms with E-state index in [1.54, 1.807) is 0 Å². The first-order valence-electron chi connectivity index (χ1n) is 5.35. The molecule has 1 saturated heterocycles. The number of likely N-dealkylation sites (N-methyl/N-ethyl adjacent to an activating group) is 1. The van der Waals surface area contributed by atoms with Gasteiger partial charge in [0, 0.05) is 25.7 Å². The van der Waals surface area contributed by atoms with Gasteiger partial charge in [0.05, 0.1) is 12.2 Å². The first-order chi connectivity index (χ1) is 6.65. The SMILES string of the molecule is CC1OCCC1N(C)CCC(O)CN. The minimum Gasteiger partial charge on any atom is -0.392 e. The molecular formula is C10H22N2O2. The molecule has 0 aromatic carbocycles. The Morgan fingerprint density at radius 2 is 2.36 bits per heavy atom. The van der Waals surface area contributed by atoms with Crippen molar-refractivity contribution < 1.29 is 9.84 Å². The molecule has 4 nitrogen and oxygen atoms in total. The van der Waals surface area contributed by atoms with Gasteiger partial charge in [-0.1, -0.05) is 0 Å². The molecule has 84 valence electrons. The van der Waals surface area contributed by atoms with Crippen LogP contribution in [0.15, 0.2) is 0 Å². The van der Waals surface area contributed by atoms with E-state index in [0.717, 1.165) is 26.0 Å². The average molecular weight is 202 g/mol. The minimum absolute atomic E-state index is 0.315. The summed E-state index contributed by atoms with van der Waals surface area (Å²) in [5, 5.41) is 9.33. The topological polar surface area (TPSA) is 58.7 Å². The summed E-state index contributed by atoms with van der Waals surface area (Å²) in [5.41, 5.74) is 5.35. The Morgan fingerprint density at radius 3 is 2.86 bits per heavy atom. The lowest BCUT2D eigenvalue weighted by molar-refractivity contribution is 0.0758. The van der Waals surface area contributed by atoms with Gasteiger partial charge in [-0.2, -0.15) is 0 Å². The van der Waals surface area contributed by atoms with Gasteiger partial charge in [0.15, 0.2) is 0 Å². The van der Waals surface area contributed by atoms with E-state index in [1.165, 1.54) is 0 Å². The van der Waals surface area contributed by atoms with Crippen LogP contribution in [0.1, 0.15) is 19.8 Å². The molecule has 4 heteroatoms. The summed E-state index contributed by atoms with van der Waals surface area (Å²) in [7, 11) is 2.08. The molecule has 1 heterocycles. The Labute approximate surface area is 86.0 Å². The van der Waals surface area contributed by atoms with Crippen LogP contribution in [0.3, 0.4) is 0 Å². The molecule has 0 radical (unpaired) electrons. The number of hydrogen-bond donors (Lipinski definition) is 2. The zero-order valence-electron chi connectivity index (χ0n) is 9.15. The van der Waals surface area contributed by atoms with Crippen molar-refractivity contribution in [3.05, 3.63) is 0 Å². The van der Waals surface area contributed by atoms with E-state index < -0.39 is 0 Å². The van der Waals surface area contributed by atoms with Gasteiger partial charge >= 0.3 is 0 Å². The molecule has 0 aliphatic carbocycles. The number of hydrogen-bond acceptors (Lipinski definition) is 4. The van der Waals surface area contributed by atoms with Crippen molar-refractivity contribution >= 4 is 0 Å². The van der Waals surface area contributed by atoms with Crippen molar-refractivity contribution in [3.63, 3.8) is 0 Å². The van der Waals surface area contributed by atoms with E-state index in [0.29, 0.717) is 18.7 Å². The predicted octanol–water partition coefficient (Wildman–Crippen LogP) is -0.195. The third-order valence-corrected chi connectivity index (χ3v) is 2.99. The first kappa shape index (κ1) is 11.9. The summed E-state index contributed by atoms with van der Waals surface area (Å²) >= 11 is 0. The Balaban J connectivity index is 2.23. The lowest BCUT2D eigenvalue weighted by Gasteiger charge is -2.27. The normalized spacial score (nSPS) is 29.8. The lowest BCUT2D eigenvalue weighted by Crippen LogP contribution is -2.39. The fraction of sp³-hybridized carbons (Fsp3) is 1.00. The average Bonchev–Trinajstić information content (AvgIpc) is 2.60. The molecule has 0 saturated carbocycles. The highest BCUT2D eigenvalue weighted by Crippen LogP contribution is 2.18. The number of ether oxygens (including phenoxy) is 1. The number of rotatable bonds is 5. The molecule has 3 N–H and O–H groups in total. The Bertz CT molecular complexity index is 166. The second-order valence-electron chi connectivity index (χ2n) is 4.09. The summed E-state index contributed by atoms with van der Waals surface area (Å²) in [6.07, 6.45) is 1.79. The molecule has 3 unspecified atom stereocenters. The quantitative estimate of drug-likeness (QED) is 0.648. The largest absolute Gasteiger partial charge is 0.392 e. The summed E-state index contributed by atoms with van der Waals surface area (Å²) in [5.74, 6) is 0. The van der Waals surface area contributed by atoms with Gasteiger partial charge in [0.1, 0.15) is 0 Å². The van der Waals surface area contributed by atoms with Crippen molar-refractivity contribution in [2.24, 2.45) is 5.73 Å². The molecule has 0 spiro atoms. The van der Waals surface area contributed by atoms with Gasteiger partial charge in [-0.25, -0.2) is 0 Å². The third-order valence-electron chi connectivity index (χ3n) is 2.99. The monoisotopic (exact) mass is 202 g/mol. The fourth-order valence-electron chi connectivity index (χ4n) is 1.94. The van der Waals surface area contributed by atoms with Gasteiger partial charge in [-0.05, 0) is 26.8 Å². The summed E-state index contributed by atoms with van der Waals surface area (Å²) in [6, 6.07) is 0.500. The molecule has 0 amide bonds. The highest BCUT2D eigenvalue weighted by atomic mass is 16.5. The van der Waals surface area contributed by atoms with Crippen LogP contribution >= 0.6 is 0 Å². The van der Waals surface area contributed by atoms with E-state index >= 15 is 0 Å². The van der Waals surface area contributed by atoms with Crippen molar-refractivity contribution in [3.8, 4) is 0 Å². The van der Waals surface area contributed by atoms with Crippen LogP contribution in [0.25, 0.3) is 0 Å². The first-order valence-corrected chi connectivity index (χ1v) is 5.35. The van der Waals surface area contributed by atoms with Crippen LogP contribution in [-0.2, 0) is 4.74 Å². The number of nitrogens with zero attached hydrogens (tertiary/aromatic N) is 1. The maximum absolute atomic E-state index is 9.33. The third kappa shape index (κ3) is 3.20. The van der Waals surface area contributed by atoms with Crippen LogP contribution in [0.2, 0.25) is 0 Å². The second kappa shape index (κ2) is 5.66. The second-order valence-corrected chi connectivity index (χ2v) is 4.09. The predicted molar refractivity (Wildman–Crippen MR) is 56.1 cm³/mol. The molecule has 3 atom stereocenters. The van der Waals surface area contributed by atoms with Crippen LogP contribution in [0.5, 0.6) is 0 Å². The Morgan fingerprint density at radius 1 is 1.64 bits per heavy atom. The van der Waals surface area contributed by atoms with E-state index in [1.807, 2.05) is 0 Å². The summed E-state index contributed by atoms with van der Waals surface area (Å²) in [4.78, 5) is 2.26. The van der Waals surface area contributed by atoms with E-state index in [2.05, 4.69) is 18.9 Å². The van der Waals surface area contributed by atoms with Gasteiger partial charge < -0.3 is 20.5 Å². The molecule has 1 aliphatic heterocycles. The van der Waals surface area contributed by atoms with Crippen molar-refractivity contribution in [1.82, 2.24) is 4.90 Å². The number of aliphatic hydroxyl groups is 1. The van der Waals surface area contributed by atoms with Gasteiger partial charge in [-0.3, -0.25) is 0 Å². The van der Waals surface area contributed by atoms with E-state index in [9.17, 15) is 5.11 Å². The van der Waals surface area contributed by atoms with Gasteiger partial charge in [0.25, 0.3) is 0 Å². The molecule has 0 aromatic rings. The molecule has 0 bridgehead atoms.